The first-order valence-corrected chi connectivity index (χ1v) is 9.41. The van der Waals surface area contributed by atoms with Crippen molar-refractivity contribution < 1.29 is 19.4 Å². The smallest absolute Gasteiger partial charge is 0.360 e. The standard InChI is InChI=1S/C17H19ClN2O4S/c1-2-24-17(16(22)23,20-8-4-3-5-9-20)14(21)15-19-12-7-6-11(18)10-13(12)25-15/h6-7,10H,2-5,8-9H2,1H3,(H,22,23). The van der Waals surface area contributed by atoms with Gasteiger partial charge >= 0.3 is 5.97 Å². The summed E-state index contributed by atoms with van der Waals surface area (Å²) in [5.74, 6) is -1.92. The summed E-state index contributed by atoms with van der Waals surface area (Å²) in [6, 6.07) is 5.12. The molecular weight excluding hydrogens is 364 g/mol. The molecule has 3 rings (SSSR count). The Labute approximate surface area is 154 Å². The van der Waals surface area contributed by atoms with Crippen LogP contribution in [0.2, 0.25) is 5.02 Å². The lowest BCUT2D eigenvalue weighted by atomic mass is 10.0. The van der Waals surface area contributed by atoms with E-state index in [1.165, 1.54) is 0 Å². The first-order valence-electron chi connectivity index (χ1n) is 8.22. The van der Waals surface area contributed by atoms with Gasteiger partial charge in [0.15, 0.2) is 5.01 Å². The highest BCUT2D eigenvalue weighted by Crippen LogP contribution is 2.32. The Kier molecular flexibility index (Phi) is 5.38. The van der Waals surface area contributed by atoms with Crippen molar-refractivity contribution in [1.29, 1.82) is 0 Å². The number of aromatic nitrogens is 1. The third-order valence-corrected chi connectivity index (χ3v) is 5.55. The molecule has 2 aromatic rings. The molecule has 1 aromatic heterocycles. The molecule has 1 aliphatic rings. The summed E-state index contributed by atoms with van der Waals surface area (Å²) in [5.41, 5.74) is -1.40. The van der Waals surface area contributed by atoms with Gasteiger partial charge in [-0.1, -0.05) is 18.0 Å². The monoisotopic (exact) mass is 382 g/mol. The van der Waals surface area contributed by atoms with Crippen LogP contribution < -0.4 is 0 Å². The fourth-order valence-corrected chi connectivity index (χ4v) is 4.38. The van der Waals surface area contributed by atoms with Crippen LogP contribution in [0.25, 0.3) is 10.2 Å². The number of Topliss-reactive ketones (excluding diaryl/α,β-unsaturated/α-hetero) is 1. The van der Waals surface area contributed by atoms with E-state index < -0.39 is 17.5 Å². The molecule has 134 valence electrons. The van der Waals surface area contributed by atoms with Crippen LogP contribution in [0.15, 0.2) is 18.2 Å². The lowest BCUT2D eigenvalue weighted by Crippen LogP contribution is -2.63. The van der Waals surface area contributed by atoms with Crippen molar-refractivity contribution in [2.75, 3.05) is 19.7 Å². The van der Waals surface area contributed by atoms with Gasteiger partial charge < -0.3 is 9.84 Å². The van der Waals surface area contributed by atoms with Crippen LogP contribution in [0.4, 0.5) is 0 Å². The molecule has 0 amide bonds. The predicted octanol–water partition coefficient (Wildman–Crippen LogP) is 3.44. The van der Waals surface area contributed by atoms with Gasteiger partial charge in [-0.05, 0) is 38.0 Å². The number of ketones is 1. The first kappa shape index (κ1) is 18.3. The Morgan fingerprint density at radius 2 is 2.08 bits per heavy atom. The number of ether oxygens (including phenoxy) is 1. The summed E-state index contributed by atoms with van der Waals surface area (Å²) in [4.78, 5) is 31.3. The van der Waals surface area contributed by atoms with E-state index in [9.17, 15) is 14.7 Å². The Morgan fingerprint density at radius 3 is 2.72 bits per heavy atom. The maximum Gasteiger partial charge on any atom is 0.360 e. The number of piperidine rings is 1. The number of carbonyl (C=O) groups excluding carboxylic acids is 1. The van der Waals surface area contributed by atoms with Crippen LogP contribution in [0.1, 0.15) is 36.0 Å². The summed E-state index contributed by atoms with van der Waals surface area (Å²) in [7, 11) is 0. The minimum atomic E-state index is -2.02. The molecule has 1 N–H and O–H groups in total. The van der Waals surface area contributed by atoms with Crippen molar-refractivity contribution in [3.05, 3.63) is 28.2 Å². The number of aliphatic carboxylic acids is 1. The number of carboxylic acid groups (broad SMARTS) is 1. The number of hydrogen-bond acceptors (Lipinski definition) is 6. The molecule has 0 saturated carbocycles. The van der Waals surface area contributed by atoms with E-state index in [0.29, 0.717) is 23.6 Å². The minimum Gasteiger partial charge on any atom is -0.478 e. The van der Waals surface area contributed by atoms with Crippen LogP contribution in [0, 0.1) is 0 Å². The summed E-state index contributed by atoms with van der Waals surface area (Å²) in [6.07, 6.45) is 2.70. The molecule has 6 nitrogen and oxygen atoms in total. The quantitative estimate of drug-likeness (QED) is 0.609. The van der Waals surface area contributed by atoms with Crippen molar-refractivity contribution in [2.24, 2.45) is 0 Å². The Bertz CT molecular complexity index is 803. The number of hydrogen-bond donors (Lipinski definition) is 1. The molecule has 25 heavy (non-hydrogen) atoms. The second kappa shape index (κ2) is 7.37. The number of carboxylic acids is 1. The molecule has 1 aliphatic heterocycles. The molecule has 1 aromatic carbocycles. The molecule has 2 heterocycles. The highest BCUT2D eigenvalue weighted by Gasteiger charge is 2.54. The van der Waals surface area contributed by atoms with Crippen LogP contribution in [0.3, 0.4) is 0 Å². The molecule has 1 unspecified atom stereocenters. The summed E-state index contributed by atoms with van der Waals surface area (Å²) >= 11 is 7.12. The lowest BCUT2D eigenvalue weighted by Gasteiger charge is -2.40. The number of likely N-dealkylation sites (tertiary alicyclic amines) is 1. The van der Waals surface area contributed by atoms with Crippen LogP contribution in [-0.4, -0.2) is 52.2 Å². The third-order valence-electron chi connectivity index (χ3n) is 4.30. The van der Waals surface area contributed by atoms with E-state index >= 15 is 0 Å². The summed E-state index contributed by atoms with van der Waals surface area (Å²) in [5, 5.41) is 10.6. The van der Waals surface area contributed by atoms with Gasteiger partial charge in [-0.25, -0.2) is 9.78 Å². The second-order valence-electron chi connectivity index (χ2n) is 5.89. The van der Waals surface area contributed by atoms with Gasteiger partial charge in [-0.3, -0.25) is 9.69 Å². The van der Waals surface area contributed by atoms with Crippen LogP contribution >= 0.6 is 22.9 Å². The van der Waals surface area contributed by atoms with E-state index in [-0.39, 0.29) is 11.6 Å². The largest absolute Gasteiger partial charge is 0.478 e. The number of benzene rings is 1. The maximum atomic E-state index is 13.2. The van der Waals surface area contributed by atoms with Crippen molar-refractivity contribution in [3.63, 3.8) is 0 Å². The molecule has 1 atom stereocenters. The first-order chi connectivity index (χ1) is 12.0. The third kappa shape index (κ3) is 3.29. The zero-order valence-electron chi connectivity index (χ0n) is 13.8. The van der Waals surface area contributed by atoms with Gasteiger partial charge in [0.1, 0.15) is 0 Å². The molecule has 0 radical (unpaired) electrons. The average Bonchev–Trinajstić information content (AvgIpc) is 3.02. The van der Waals surface area contributed by atoms with E-state index in [2.05, 4.69) is 4.98 Å². The summed E-state index contributed by atoms with van der Waals surface area (Å²) in [6.45, 7) is 2.82. The topological polar surface area (TPSA) is 79.7 Å². The van der Waals surface area contributed by atoms with Gasteiger partial charge in [0.2, 0.25) is 5.78 Å². The van der Waals surface area contributed by atoms with Crippen molar-refractivity contribution in [1.82, 2.24) is 9.88 Å². The number of nitrogens with zero attached hydrogens (tertiary/aromatic N) is 2. The second-order valence-corrected chi connectivity index (χ2v) is 7.36. The highest BCUT2D eigenvalue weighted by atomic mass is 35.5. The Morgan fingerprint density at radius 1 is 1.36 bits per heavy atom. The van der Waals surface area contributed by atoms with E-state index in [0.717, 1.165) is 35.3 Å². The van der Waals surface area contributed by atoms with E-state index in [1.54, 1.807) is 30.0 Å². The molecule has 0 bridgehead atoms. The van der Waals surface area contributed by atoms with Gasteiger partial charge in [0.25, 0.3) is 5.72 Å². The predicted molar refractivity (Wildman–Crippen MR) is 96.4 cm³/mol. The number of fused-ring (bicyclic) bond motifs is 1. The number of rotatable bonds is 6. The van der Waals surface area contributed by atoms with Crippen molar-refractivity contribution >= 4 is 44.9 Å². The molecular formula is C17H19ClN2O4S. The Hall–Kier alpha value is -1.54. The molecule has 8 heteroatoms. The molecule has 1 saturated heterocycles. The van der Waals surface area contributed by atoms with E-state index in [1.807, 2.05) is 0 Å². The van der Waals surface area contributed by atoms with Gasteiger partial charge in [-0.15, -0.1) is 11.3 Å². The number of halogens is 1. The number of thiazole rings is 1. The van der Waals surface area contributed by atoms with Crippen LogP contribution in [0.5, 0.6) is 0 Å². The fraction of sp³-hybridized carbons (Fsp3) is 0.471. The van der Waals surface area contributed by atoms with E-state index in [4.69, 9.17) is 16.3 Å². The minimum absolute atomic E-state index is 0.116. The average molecular weight is 383 g/mol. The van der Waals surface area contributed by atoms with Crippen molar-refractivity contribution in [3.8, 4) is 0 Å². The SMILES string of the molecule is CCOC(C(=O)O)(C(=O)c1nc2ccc(Cl)cc2s1)N1CCCCC1. The zero-order valence-corrected chi connectivity index (χ0v) is 15.4. The van der Waals surface area contributed by atoms with Gasteiger partial charge in [-0.2, -0.15) is 0 Å². The maximum absolute atomic E-state index is 13.2. The molecule has 1 fully saturated rings. The fourth-order valence-electron chi connectivity index (χ4n) is 3.15. The molecule has 0 aliphatic carbocycles. The normalized spacial score (nSPS) is 18.2. The highest BCUT2D eigenvalue weighted by molar-refractivity contribution is 7.20. The lowest BCUT2D eigenvalue weighted by molar-refractivity contribution is -0.184. The van der Waals surface area contributed by atoms with Gasteiger partial charge in [0.05, 0.1) is 10.2 Å². The summed E-state index contributed by atoms with van der Waals surface area (Å²) < 4.78 is 6.32. The van der Waals surface area contributed by atoms with Gasteiger partial charge in [0, 0.05) is 24.7 Å². The Balaban J connectivity index is 2.06. The van der Waals surface area contributed by atoms with Crippen molar-refractivity contribution in [2.45, 2.75) is 31.9 Å². The van der Waals surface area contributed by atoms with Crippen LogP contribution in [-0.2, 0) is 9.53 Å². The number of carbonyl (C=O) groups is 2. The molecule has 0 spiro atoms. The zero-order chi connectivity index (χ0) is 18.0.